The number of hydrogen-bond acceptors (Lipinski definition) is 5. The van der Waals surface area contributed by atoms with Gasteiger partial charge >= 0.3 is 6.09 Å². The molecule has 4 rings (SSSR count). The fourth-order valence-corrected chi connectivity index (χ4v) is 5.17. The van der Waals surface area contributed by atoms with Crippen LogP contribution in [0.1, 0.15) is 45.6 Å². The number of fused-ring (bicyclic) bond motifs is 2. The van der Waals surface area contributed by atoms with E-state index in [-0.39, 0.29) is 29.5 Å². The molecule has 0 spiro atoms. The largest absolute Gasteiger partial charge is 0.444 e. The van der Waals surface area contributed by atoms with Crippen molar-refractivity contribution in [3.05, 3.63) is 58.3 Å². The Hall–Kier alpha value is -3.67. The topological polar surface area (TPSA) is 104 Å². The van der Waals surface area contributed by atoms with Crippen molar-refractivity contribution in [2.75, 3.05) is 0 Å². The Balaban J connectivity index is 1.47. The molecule has 2 heterocycles. The molecule has 1 aromatic heterocycles. The van der Waals surface area contributed by atoms with Gasteiger partial charge in [0.1, 0.15) is 23.5 Å². The van der Waals surface area contributed by atoms with Crippen molar-refractivity contribution in [1.29, 1.82) is 5.26 Å². The maximum atomic E-state index is 14.9. The molecule has 2 aromatic rings. The molecule has 0 radical (unpaired) electrons. The first-order valence-electron chi connectivity index (χ1n) is 12.1. The highest BCUT2D eigenvalue weighted by molar-refractivity contribution is 5.87. The minimum absolute atomic E-state index is 0.0136. The van der Waals surface area contributed by atoms with E-state index in [1.54, 1.807) is 52.2 Å². The number of halogens is 1. The molecular weight excluding hydrogens is 463 g/mol. The molecule has 4 atom stereocenters. The maximum Gasteiger partial charge on any atom is 0.411 e. The van der Waals surface area contributed by atoms with Gasteiger partial charge in [-0.25, -0.2) is 9.18 Å². The van der Waals surface area contributed by atoms with Crippen LogP contribution in [0.5, 0.6) is 0 Å². The molecule has 1 aromatic carbocycles. The van der Waals surface area contributed by atoms with Gasteiger partial charge in [-0.05, 0) is 74.8 Å². The Bertz CT molecular complexity index is 1280. The van der Waals surface area contributed by atoms with E-state index in [1.807, 2.05) is 6.07 Å². The molecule has 8 nitrogen and oxygen atoms in total. The number of aromatic nitrogens is 1. The Morgan fingerprint density at radius 1 is 1.22 bits per heavy atom. The fourth-order valence-electron chi connectivity index (χ4n) is 5.17. The number of nitrogens with zero attached hydrogens (tertiary/aromatic N) is 3. The van der Waals surface area contributed by atoms with Gasteiger partial charge in [0.2, 0.25) is 11.5 Å². The van der Waals surface area contributed by atoms with Crippen LogP contribution in [0, 0.1) is 23.1 Å². The lowest BCUT2D eigenvalue weighted by molar-refractivity contribution is -0.128. The quantitative estimate of drug-likeness (QED) is 0.685. The number of nitrogens with one attached hydrogen (secondary N) is 1. The van der Waals surface area contributed by atoms with Crippen LogP contribution in [0.25, 0.3) is 11.1 Å². The first-order chi connectivity index (χ1) is 17.0. The summed E-state index contributed by atoms with van der Waals surface area (Å²) in [5, 5.41) is 12.4. The zero-order valence-corrected chi connectivity index (χ0v) is 21.0. The summed E-state index contributed by atoms with van der Waals surface area (Å²) in [6.07, 6.45) is 3.47. The third kappa shape index (κ3) is 5.27. The molecule has 9 heteroatoms. The first-order valence-corrected chi connectivity index (χ1v) is 12.1. The van der Waals surface area contributed by atoms with Gasteiger partial charge in [-0.2, -0.15) is 5.26 Å². The normalized spacial score (nSPS) is 21.7. The average Bonchev–Trinajstić information content (AvgIpc) is 3.42. The van der Waals surface area contributed by atoms with Crippen molar-refractivity contribution in [1.82, 2.24) is 14.8 Å². The fraction of sp³-hybridized carbons (Fsp3) is 0.481. The third-order valence-corrected chi connectivity index (χ3v) is 6.83. The zero-order chi connectivity index (χ0) is 26.2. The smallest absolute Gasteiger partial charge is 0.411 e. The summed E-state index contributed by atoms with van der Waals surface area (Å²) < 4.78 is 21.9. The van der Waals surface area contributed by atoms with E-state index in [4.69, 9.17) is 4.74 Å². The number of benzene rings is 1. The minimum atomic E-state index is -0.963. The average molecular weight is 495 g/mol. The van der Waals surface area contributed by atoms with Crippen LogP contribution in [-0.2, 0) is 23.0 Å². The van der Waals surface area contributed by atoms with Crippen molar-refractivity contribution in [2.24, 2.45) is 13.0 Å². The second kappa shape index (κ2) is 9.76. The van der Waals surface area contributed by atoms with Crippen LogP contribution < -0.4 is 10.9 Å². The number of rotatable bonds is 5. The molecule has 36 heavy (non-hydrogen) atoms. The van der Waals surface area contributed by atoms with Gasteiger partial charge in [-0.3, -0.25) is 14.5 Å². The monoisotopic (exact) mass is 494 g/mol. The van der Waals surface area contributed by atoms with Crippen LogP contribution in [0.2, 0.25) is 0 Å². The van der Waals surface area contributed by atoms with Crippen LogP contribution in [0.15, 0.2) is 41.3 Å². The van der Waals surface area contributed by atoms with Crippen molar-refractivity contribution in [3.63, 3.8) is 0 Å². The van der Waals surface area contributed by atoms with Gasteiger partial charge in [0.15, 0.2) is 0 Å². The van der Waals surface area contributed by atoms with E-state index < -0.39 is 35.5 Å². The highest BCUT2D eigenvalue weighted by Gasteiger charge is 2.52. The van der Waals surface area contributed by atoms with Crippen molar-refractivity contribution in [3.8, 4) is 17.2 Å². The molecular formula is C27H31FN4O4. The molecule has 2 amide bonds. The van der Waals surface area contributed by atoms with Crippen LogP contribution in [-0.4, -0.2) is 45.2 Å². The second-order valence-electron chi connectivity index (χ2n) is 10.6. The number of carbonyl (C=O) groups excluding carboxylic acids is 2. The van der Waals surface area contributed by atoms with Crippen LogP contribution >= 0.6 is 0 Å². The highest BCUT2D eigenvalue weighted by Crippen LogP contribution is 2.43. The maximum absolute atomic E-state index is 14.9. The second-order valence-corrected chi connectivity index (χ2v) is 10.6. The lowest BCUT2D eigenvalue weighted by Crippen LogP contribution is -2.55. The summed E-state index contributed by atoms with van der Waals surface area (Å²) in [6, 6.07) is 8.02. The third-order valence-electron chi connectivity index (χ3n) is 6.83. The molecule has 1 N–H and O–H groups in total. The zero-order valence-electron chi connectivity index (χ0n) is 21.0. The highest BCUT2D eigenvalue weighted by atomic mass is 19.1. The number of pyridine rings is 1. The Morgan fingerprint density at radius 3 is 2.58 bits per heavy atom. The number of amides is 2. The van der Waals surface area contributed by atoms with E-state index in [1.165, 1.54) is 21.6 Å². The van der Waals surface area contributed by atoms with Gasteiger partial charge < -0.3 is 14.6 Å². The number of ether oxygens (including phenoxy) is 1. The Kier molecular flexibility index (Phi) is 6.90. The molecule has 190 valence electrons. The molecule has 1 aliphatic heterocycles. The van der Waals surface area contributed by atoms with Crippen molar-refractivity contribution < 1.29 is 18.7 Å². The van der Waals surface area contributed by atoms with Gasteiger partial charge in [0.25, 0.3) is 0 Å². The number of hydrogen-bond donors (Lipinski definition) is 1. The number of piperidine rings is 1. The first kappa shape index (κ1) is 25.4. The van der Waals surface area contributed by atoms with Crippen molar-refractivity contribution >= 4 is 12.0 Å². The molecule has 1 aliphatic carbocycles. The van der Waals surface area contributed by atoms with E-state index in [0.29, 0.717) is 11.1 Å². The Labute approximate surface area is 209 Å². The molecule has 1 saturated carbocycles. The minimum Gasteiger partial charge on any atom is -0.444 e. The van der Waals surface area contributed by atoms with Gasteiger partial charge in [0, 0.05) is 31.8 Å². The van der Waals surface area contributed by atoms with E-state index in [0.717, 1.165) is 19.3 Å². The summed E-state index contributed by atoms with van der Waals surface area (Å²) in [5.41, 5.74) is 0.717. The lowest BCUT2D eigenvalue weighted by Gasteiger charge is -2.35. The summed E-state index contributed by atoms with van der Waals surface area (Å²) in [5.74, 6) is -0.910. The summed E-state index contributed by atoms with van der Waals surface area (Å²) in [7, 11) is 1.62. The van der Waals surface area contributed by atoms with Gasteiger partial charge in [0.05, 0.1) is 6.07 Å². The predicted molar refractivity (Wildman–Crippen MR) is 131 cm³/mol. The number of likely N-dealkylation sites (tertiary alicyclic amines) is 1. The van der Waals surface area contributed by atoms with Gasteiger partial charge in [-0.15, -0.1) is 0 Å². The summed E-state index contributed by atoms with van der Waals surface area (Å²) in [4.78, 5) is 39.2. The summed E-state index contributed by atoms with van der Waals surface area (Å²) >= 11 is 0. The molecule has 1 saturated heterocycles. The number of aryl methyl sites for hydroxylation is 1. The molecule has 2 fully saturated rings. The predicted octanol–water partition coefficient (Wildman–Crippen LogP) is 3.53. The lowest BCUT2D eigenvalue weighted by atomic mass is 9.97. The molecule has 3 unspecified atom stereocenters. The number of carbonyl (C=O) groups is 2. The van der Waals surface area contributed by atoms with E-state index in [9.17, 15) is 24.0 Å². The standard InChI is InChI=1S/C27H31FN4O4/c1-27(2,3)36-26(35)32-21-9-7-18(12-21)24(32)25(34)30-20(14-29)11-17-6-5-16(13-22(17)28)19-8-10-23(33)31(4)15-19/h5-6,8,10,13,15,18,20-21,24H,7,9,11-12H2,1-4H3,(H,30,34)/t18?,20-,21?,24?/m0/s1. The van der Waals surface area contributed by atoms with Crippen LogP contribution in [0.3, 0.4) is 0 Å². The molecule has 2 bridgehead atoms. The van der Waals surface area contributed by atoms with E-state index >= 15 is 0 Å². The van der Waals surface area contributed by atoms with E-state index in [2.05, 4.69) is 5.32 Å². The molecule has 2 aliphatic rings. The SMILES string of the molecule is Cn1cc(-c2ccc(C[C@@H](C#N)NC(=O)C3C4CCC(C4)N3C(=O)OC(C)(C)C)c(F)c2)ccc1=O. The van der Waals surface area contributed by atoms with Crippen LogP contribution in [0.4, 0.5) is 9.18 Å². The van der Waals surface area contributed by atoms with Crippen molar-refractivity contribution in [2.45, 2.75) is 70.2 Å². The van der Waals surface area contributed by atoms with Gasteiger partial charge in [-0.1, -0.05) is 12.1 Å². The Morgan fingerprint density at radius 2 is 1.94 bits per heavy atom. The summed E-state index contributed by atoms with van der Waals surface area (Å²) in [6.45, 7) is 5.33. The number of nitriles is 1.